The number of unbranched alkanes of at least 4 members (excludes halogenated alkanes) is 1. The second-order valence-corrected chi connectivity index (χ2v) is 6.89. The Morgan fingerprint density at radius 1 is 1.19 bits per heavy atom. The molecule has 0 heterocycles. The average Bonchev–Trinajstić information content (AvgIpc) is 2.14. The maximum Gasteiger partial charge on any atom is 0.0571 e. The van der Waals surface area contributed by atoms with Crippen LogP contribution in [0, 0.1) is 23.2 Å². The van der Waals surface area contributed by atoms with E-state index in [2.05, 4.69) is 34.6 Å². The van der Waals surface area contributed by atoms with Crippen LogP contribution in [0.4, 0.5) is 0 Å². The zero-order chi connectivity index (χ0) is 12.3. The van der Waals surface area contributed by atoms with Gasteiger partial charge in [0.2, 0.25) is 0 Å². The van der Waals surface area contributed by atoms with Crippen molar-refractivity contribution in [2.45, 2.75) is 72.8 Å². The molecule has 96 valence electrons. The van der Waals surface area contributed by atoms with E-state index in [0.29, 0.717) is 17.3 Å². The fraction of sp³-hybridized carbons (Fsp3) is 1.00. The Kier molecular flexibility index (Phi) is 4.85. The van der Waals surface area contributed by atoms with Gasteiger partial charge in [0.1, 0.15) is 0 Å². The van der Waals surface area contributed by atoms with Gasteiger partial charge in [-0.15, -0.1) is 0 Å². The van der Waals surface area contributed by atoms with Crippen molar-refractivity contribution in [1.82, 2.24) is 0 Å². The van der Waals surface area contributed by atoms with Gasteiger partial charge in [0.25, 0.3) is 0 Å². The summed E-state index contributed by atoms with van der Waals surface area (Å²) in [6, 6.07) is 0. The van der Waals surface area contributed by atoms with Crippen molar-refractivity contribution >= 4 is 0 Å². The van der Waals surface area contributed by atoms with Crippen molar-refractivity contribution in [1.29, 1.82) is 0 Å². The van der Waals surface area contributed by atoms with Crippen LogP contribution in [0.15, 0.2) is 0 Å². The number of hydrogen-bond donors (Lipinski definition) is 1. The first-order valence-electron chi connectivity index (χ1n) is 7.04. The lowest BCUT2D eigenvalue weighted by atomic mass is 9.62. The predicted octanol–water partition coefficient (Wildman–Crippen LogP) is 4.25. The Hall–Kier alpha value is -0.0400. The molecule has 1 N–H and O–H groups in total. The molecule has 0 bridgehead atoms. The molecule has 4 unspecified atom stereocenters. The second kappa shape index (κ2) is 5.53. The van der Waals surface area contributed by atoms with Crippen molar-refractivity contribution in [3.05, 3.63) is 0 Å². The smallest absolute Gasteiger partial charge is 0.0571 e. The third kappa shape index (κ3) is 3.48. The summed E-state index contributed by atoms with van der Waals surface area (Å²) in [6.45, 7) is 11.6. The lowest BCUT2D eigenvalue weighted by Crippen LogP contribution is -2.39. The minimum atomic E-state index is -0.0415. The minimum Gasteiger partial charge on any atom is -0.393 e. The highest BCUT2D eigenvalue weighted by Gasteiger charge is 2.38. The van der Waals surface area contributed by atoms with Crippen LogP contribution in [0.3, 0.4) is 0 Å². The van der Waals surface area contributed by atoms with E-state index in [1.165, 1.54) is 25.7 Å². The molecule has 1 aliphatic rings. The lowest BCUT2D eigenvalue weighted by Gasteiger charge is -2.44. The van der Waals surface area contributed by atoms with Gasteiger partial charge < -0.3 is 5.11 Å². The van der Waals surface area contributed by atoms with Crippen molar-refractivity contribution in [3.63, 3.8) is 0 Å². The van der Waals surface area contributed by atoms with Gasteiger partial charge in [-0.25, -0.2) is 0 Å². The van der Waals surface area contributed by atoms with Gasteiger partial charge in [0.15, 0.2) is 0 Å². The van der Waals surface area contributed by atoms with Gasteiger partial charge in [-0.05, 0) is 42.4 Å². The Morgan fingerprint density at radius 3 is 2.31 bits per heavy atom. The molecular weight excluding hydrogens is 196 g/mol. The zero-order valence-corrected chi connectivity index (χ0v) is 11.8. The predicted molar refractivity (Wildman–Crippen MR) is 70.4 cm³/mol. The molecular formula is C15H30O. The van der Waals surface area contributed by atoms with Crippen LogP contribution < -0.4 is 0 Å². The molecule has 1 rings (SSSR count). The van der Waals surface area contributed by atoms with Gasteiger partial charge >= 0.3 is 0 Å². The number of rotatable bonds is 3. The molecule has 0 aliphatic heterocycles. The molecule has 1 heteroatoms. The van der Waals surface area contributed by atoms with E-state index in [4.69, 9.17) is 0 Å². The molecule has 0 amide bonds. The average molecular weight is 226 g/mol. The standard InChI is InChI=1S/C15H30O/c1-6-7-8-12-10-13(15(3,4)5)11(2)9-14(12)16/h11-14,16H,6-10H2,1-5H3. The highest BCUT2D eigenvalue weighted by Crippen LogP contribution is 2.45. The molecule has 0 radical (unpaired) electrons. The first-order chi connectivity index (χ1) is 7.36. The monoisotopic (exact) mass is 226 g/mol. The van der Waals surface area contributed by atoms with E-state index in [9.17, 15) is 5.11 Å². The quantitative estimate of drug-likeness (QED) is 0.763. The molecule has 1 nitrogen and oxygen atoms in total. The van der Waals surface area contributed by atoms with E-state index < -0.39 is 0 Å². The lowest BCUT2D eigenvalue weighted by molar-refractivity contribution is -0.0176. The molecule has 1 fully saturated rings. The molecule has 0 aromatic heterocycles. The first-order valence-corrected chi connectivity index (χ1v) is 7.04. The van der Waals surface area contributed by atoms with Crippen LogP contribution >= 0.6 is 0 Å². The summed E-state index contributed by atoms with van der Waals surface area (Å²) >= 11 is 0. The summed E-state index contributed by atoms with van der Waals surface area (Å²) in [5, 5.41) is 10.1. The van der Waals surface area contributed by atoms with E-state index in [1.807, 2.05) is 0 Å². The summed E-state index contributed by atoms with van der Waals surface area (Å²) in [5.74, 6) is 2.01. The van der Waals surface area contributed by atoms with Gasteiger partial charge in [-0.2, -0.15) is 0 Å². The van der Waals surface area contributed by atoms with Crippen LogP contribution in [0.25, 0.3) is 0 Å². The number of aliphatic hydroxyl groups excluding tert-OH is 1. The summed E-state index contributed by atoms with van der Waals surface area (Å²) < 4.78 is 0. The maximum absolute atomic E-state index is 10.1. The van der Waals surface area contributed by atoms with Gasteiger partial charge in [-0.1, -0.05) is 47.5 Å². The minimum absolute atomic E-state index is 0.0415. The van der Waals surface area contributed by atoms with Crippen molar-refractivity contribution in [2.75, 3.05) is 0 Å². The molecule has 0 aromatic rings. The SMILES string of the molecule is CCCCC1CC(C(C)(C)C)C(C)CC1O. The van der Waals surface area contributed by atoms with E-state index in [-0.39, 0.29) is 6.10 Å². The van der Waals surface area contributed by atoms with Crippen LogP contribution in [-0.2, 0) is 0 Å². The normalized spacial score (nSPS) is 36.4. The van der Waals surface area contributed by atoms with E-state index in [1.54, 1.807) is 0 Å². The highest BCUT2D eigenvalue weighted by atomic mass is 16.3. The summed E-state index contributed by atoms with van der Waals surface area (Å²) in [5.41, 5.74) is 0.393. The summed E-state index contributed by atoms with van der Waals surface area (Å²) in [4.78, 5) is 0. The maximum atomic E-state index is 10.1. The largest absolute Gasteiger partial charge is 0.393 e. The van der Waals surface area contributed by atoms with Crippen LogP contribution in [-0.4, -0.2) is 11.2 Å². The van der Waals surface area contributed by atoms with Crippen molar-refractivity contribution in [2.24, 2.45) is 23.2 Å². The Labute approximate surface area is 102 Å². The van der Waals surface area contributed by atoms with Crippen LogP contribution in [0.5, 0.6) is 0 Å². The molecule has 0 saturated heterocycles. The highest BCUT2D eigenvalue weighted by molar-refractivity contribution is 4.89. The van der Waals surface area contributed by atoms with Gasteiger partial charge in [-0.3, -0.25) is 0 Å². The van der Waals surface area contributed by atoms with Crippen molar-refractivity contribution < 1.29 is 5.11 Å². The summed E-state index contributed by atoms with van der Waals surface area (Å²) in [7, 11) is 0. The first kappa shape index (κ1) is 14.0. The number of hydrogen-bond acceptors (Lipinski definition) is 1. The Bertz CT molecular complexity index is 204. The van der Waals surface area contributed by atoms with Crippen molar-refractivity contribution in [3.8, 4) is 0 Å². The third-order valence-electron chi connectivity index (χ3n) is 4.44. The van der Waals surface area contributed by atoms with E-state index in [0.717, 1.165) is 12.3 Å². The Morgan fingerprint density at radius 2 is 1.81 bits per heavy atom. The number of aliphatic hydroxyl groups is 1. The summed E-state index contributed by atoms with van der Waals surface area (Å²) in [6.07, 6.45) is 5.94. The molecule has 1 aliphatic carbocycles. The third-order valence-corrected chi connectivity index (χ3v) is 4.44. The second-order valence-electron chi connectivity index (χ2n) is 6.89. The van der Waals surface area contributed by atoms with Crippen LogP contribution in [0.1, 0.15) is 66.7 Å². The molecule has 0 spiro atoms. The topological polar surface area (TPSA) is 20.2 Å². The molecule has 1 saturated carbocycles. The van der Waals surface area contributed by atoms with Gasteiger partial charge in [0, 0.05) is 0 Å². The van der Waals surface area contributed by atoms with Gasteiger partial charge in [0.05, 0.1) is 6.10 Å². The molecule has 4 atom stereocenters. The fourth-order valence-electron chi connectivity index (χ4n) is 3.44. The van der Waals surface area contributed by atoms with Crippen LogP contribution in [0.2, 0.25) is 0 Å². The van der Waals surface area contributed by atoms with E-state index >= 15 is 0 Å². The fourth-order valence-corrected chi connectivity index (χ4v) is 3.44. The zero-order valence-electron chi connectivity index (χ0n) is 11.8. The Balaban J connectivity index is 2.61. The molecule has 0 aromatic carbocycles. The molecule has 16 heavy (non-hydrogen) atoms.